The summed E-state index contributed by atoms with van der Waals surface area (Å²) in [6.07, 6.45) is 3.68. The number of hydrogen-bond donors (Lipinski definition) is 2. The second kappa shape index (κ2) is 8.07. The third kappa shape index (κ3) is 5.12. The van der Waals surface area contributed by atoms with Crippen LogP contribution in [0.15, 0.2) is 36.0 Å². The lowest BCUT2D eigenvalue weighted by molar-refractivity contribution is 0.118. The molecule has 0 aliphatic heterocycles. The summed E-state index contributed by atoms with van der Waals surface area (Å²) >= 11 is 11.9. The lowest BCUT2D eigenvalue weighted by Crippen LogP contribution is -2.11. The first kappa shape index (κ1) is 15.9. The zero-order chi connectivity index (χ0) is 14.3. The highest BCUT2D eigenvalue weighted by Crippen LogP contribution is 2.25. The number of benzene rings is 1. The van der Waals surface area contributed by atoms with E-state index in [0.717, 1.165) is 17.0 Å². The van der Waals surface area contributed by atoms with Gasteiger partial charge in [0.05, 0.1) is 30.0 Å². The van der Waals surface area contributed by atoms with E-state index >= 15 is 0 Å². The van der Waals surface area contributed by atoms with E-state index in [4.69, 9.17) is 32.9 Å². The molecule has 0 spiro atoms. The fraction of sp³-hybridized carbons (Fsp3) is 0.231. The molecule has 1 aromatic rings. The molecule has 2 N–H and O–H groups in total. The zero-order valence-corrected chi connectivity index (χ0v) is 12.5. The summed E-state index contributed by atoms with van der Waals surface area (Å²) in [5, 5.41) is 0.994. The third-order valence-corrected chi connectivity index (χ3v) is 2.94. The summed E-state index contributed by atoms with van der Waals surface area (Å²) in [5.74, 6) is 0. The number of hydroxylamine groups is 2. The van der Waals surface area contributed by atoms with Crippen molar-refractivity contribution in [1.29, 1.82) is 0 Å². The molecule has 0 amide bonds. The van der Waals surface area contributed by atoms with Crippen LogP contribution in [0.4, 0.5) is 0 Å². The molecule has 6 heteroatoms. The second-order valence-corrected chi connectivity index (χ2v) is 4.49. The van der Waals surface area contributed by atoms with Crippen LogP contribution in [-0.4, -0.2) is 14.2 Å². The van der Waals surface area contributed by atoms with Gasteiger partial charge in [0.25, 0.3) is 0 Å². The average molecular weight is 303 g/mol. The zero-order valence-electron chi connectivity index (χ0n) is 11.0. The summed E-state index contributed by atoms with van der Waals surface area (Å²) in [6.45, 7) is 1.87. The molecule has 19 heavy (non-hydrogen) atoms. The molecule has 0 radical (unpaired) electrons. The van der Waals surface area contributed by atoms with Crippen LogP contribution in [0.1, 0.15) is 12.5 Å². The lowest BCUT2D eigenvalue weighted by Gasteiger charge is -2.09. The summed E-state index contributed by atoms with van der Waals surface area (Å²) in [7, 11) is 3.09. The Hall–Kier alpha value is -1.20. The van der Waals surface area contributed by atoms with Crippen LogP contribution in [0.2, 0.25) is 10.0 Å². The van der Waals surface area contributed by atoms with E-state index in [1.807, 2.05) is 25.1 Å². The Kier molecular flexibility index (Phi) is 6.73. The molecule has 0 fully saturated rings. The fourth-order valence-electron chi connectivity index (χ4n) is 1.37. The standard InChI is InChI=1S/C13H16Cl2N2O2/c1-9(16-18-2)4-7-13(17-19-3)10-5-6-11(14)12(15)8-10/h4-8,16-17H,1-3H3. The van der Waals surface area contributed by atoms with Crippen LogP contribution >= 0.6 is 23.2 Å². The normalized spacial score (nSPS) is 12.5. The van der Waals surface area contributed by atoms with Crippen molar-refractivity contribution in [2.75, 3.05) is 14.2 Å². The first-order valence-electron chi connectivity index (χ1n) is 5.50. The maximum atomic E-state index is 5.99. The Morgan fingerprint density at radius 3 is 2.32 bits per heavy atom. The van der Waals surface area contributed by atoms with Crippen LogP contribution < -0.4 is 11.0 Å². The van der Waals surface area contributed by atoms with Crippen LogP contribution in [0, 0.1) is 0 Å². The molecule has 1 aromatic carbocycles. The van der Waals surface area contributed by atoms with Crippen molar-refractivity contribution in [3.63, 3.8) is 0 Å². The number of halogens is 2. The molecule has 0 aliphatic rings. The van der Waals surface area contributed by atoms with Crippen LogP contribution in [0.25, 0.3) is 5.70 Å². The molecular weight excluding hydrogens is 287 g/mol. The van der Waals surface area contributed by atoms with Gasteiger partial charge in [0.1, 0.15) is 0 Å². The van der Waals surface area contributed by atoms with Gasteiger partial charge < -0.3 is 0 Å². The predicted molar refractivity (Wildman–Crippen MR) is 78.5 cm³/mol. The van der Waals surface area contributed by atoms with Crippen molar-refractivity contribution in [2.24, 2.45) is 0 Å². The van der Waals surface area contributed by atoms with Crippen molar-refractivity contribution < 1.29 is 9.68 Å². The molecule has 4 nitrogen and oxygen atoms in total. The molecular formula is C13H16Cl2N2O2. The highest BCUT2D eigenvalue weighted by molar-refractivity contribution is 6.42. The van der Waals surface area contributed by atoms with E-state index in [-0.39, 0.29) is 0 Å². The molecule has 0 saturated heterocycles. The molecule has 0 saturated carbocycles. The Balaban J connectivity index is 3.02. The Morgan fingerprint density at radius 2 is 1.74 bits per heavy atom. The minimum atomic E-state index is 0.485. The number of nitrogens with one attached hydrogen (secondary N) is 2. The fourth-order valence-corrected chi connectivity index (χ4v) is 1.66. The van der Waals surface area contributed by atoms with Crippen LogP contribution in [0.5, 0.6) is 0 Å². The third-order valence-electron chi connectivity index (χ3n) is 2.21. The van der Waals surface area contributed by atoms with Crippen molar-refractivity contribution in [3.05, 3.63) is 51.7 Å². The van der Waals surface area contributed by atoms with Gasteiger partial charge >= 0.3 is 0 Å². The van der Waals surface area contributed by atoms with Gasteiger partial charge in [0.2, 0.25) is 0 Å². The molecule has 0 bridgehead atoms. The molecule has 0 heterocycles. The van der Waals surface area contributed by atoms with E-state index in [0.29, 0.717) is 10.0 Å². The maximum Gasteiger partial charge on any atom is 0.0677 e. The Labute approximate surface area is 122 Å². The van der Waals surface area contributed by atoms with Gasteiger partial charge in [-0.1, -0.05) is 29.3 Å². The highest BCUT2D eigenvalue weighted by atomic mass is 35.5. The van der Waals surface area contributed by atoms with Crippen molar-refractivity contribution >= 4 is 28.9 Å². The first-order valence-corrected chi connectivity index (χ1v) is 6.26. The van der Waals surface area contributed by atoms with Gasteiger partial charge in [0.15, 0.2) is 0 Å². The Bertz CT molecular complexity index is 488. The van der Waals surface area contributed by atoms with E-state index in [9.17, 15) is 0 Å². The van der Waals surface area contributed by atoms with Gasteiger partial charge in [0, 0.05) is 11.3 Å². The second-order valence-electron chi connectivity index (χ2n) is 3.67. The van der Waals surface area contributed by atoms with Crippen molar-refractivity contribution in [3.8, 4) is 0 Å². The Morgan fingerprint density at radius 1 is 1.05 bits per heavy atom. The van der Waals surface area contributed by atoms with Gasteiger partial charge in [-0.15, -0.1) is 0 Å². The van der Waals surface area contributed by atoms with Crippen molar-refractivity contribution in [2.45, 2.75) is 6.92 Å². The van der Waals surface area contributed by atoms with Gasteiger partial charge in [-0.05, 0) is 31.2 Å². The minimum absolute atomic E-state index is 0.485. The van der Waals surface area contributed by atoms with E-state index < -0.39 is 0 Å². The first-order chi connectivity index (χ1) is 9.08. The number of hydrogen-bond acceptors (Lipinski definition) is 4. The molecule has 0 aromatic heterocycles. The topological polar surface area (TPSA) is 42.5 Å². The lowest BCUT2D eigenvalue weighted by atomic mass is 10.1. The quantitative estimate of drug-likeness (QED) is 0.623. The summed E-state index contributed by atoms with van der Waals surface area (Å²) in [5.41, 5.74) is 7.96. The van der Waals surface area contributed by atoms with E-state index in [1.54, 1.807) is 19.2 Å². The molecule has 0 aliphatic carbocycles. The molecule has 0 unspecified atom stereocenters. The van der Waals surface area contributed by atoms with Gasteiger partial charge in [-0.2, -0.15) is 0 Å². The largest absolute Gasteiger partial charge is 0.280 e. The maximum absolute atomic E-state index is 5.99. The molecule has 0 atom stereocenters. The molecule has 104 valence electrons. The SMILES string of the molecule is CONC(C)=CC=C(NOC)c1ccc(Cl)c(Cl)c1. The van der Waals surface area contributed by atoms with Gasteiger partial charge in [-0.25, -0.2) is 0 Å². The number of rotatable bonds is 6. The van der Waals surface area contributed by atoms with Crippen LogP contribution in [0.3, 0.4) is 0 Å². The smallest absolute Gasteiger partial charge is 0.0677 e. The molecule has 1 rings (SSSR count). The number of allylic oxidation sites excluding steroid dienone is 3. The van der Waals surface area contributed by atoms with E-state index in [2.05, 4.69) is 11.0 Å². The highest BCUT2D eigenvalue weighted by Gasteiger charge is 2.04. The summed E-state index contributed by atoms with van der Waals surface area (Å²) < 4.78 is 0. The minimum Gasteiger partial charge on any atom is -0.280 e. The monoisotopic (exact) mass is 302 g/mol. The van der Waals surface area contributed by atoms with Gasteiger partial charge in [-0.3, -0.25) is 20.6 Å². The summed E-state index contributed by atoms with van der Waals surface area (Å²) in [4.78, 5) is 9.74. The summed E-state index contributed by atoms with van der Waals surface area (Å²) in [6, 6.07) is 5.34. The predicted octanol–water partition coefficient (Wildman–Crippen LogP) is 3.54. The van der Waals surface area contributed by atoms with Crippen LogP contribution in [-0.2, 0) is 9.68 Å². The van der Waals surface area contributed by atoms with E-state index in [1.165, 1.54) is 7.11 Å². The van der Waals surface area contributed by atoms with Crippen molar-refractivity contribution in [1.82, 2.24) is 11.0 Å². The average Bonchev–Trinajstić information content (AvgIpc) is 2.38.